The molecule has 58 valence electrons. The third-order valence-electron chi connectivity index (χ3n) is 0.800. The summed E-state index contributed by atoms with van der Waals surface area (Å²) >= 11 is 0. The third-order valence-corrected chi connectivity index (χ3v) is 0.800. The summed E-state index contributed by atoms with van der Waals surface area (Å²) in [5, 5.41) is 11.7. The highest BCUT2D eigenvalue weighted by atomic mass is 16.2. The van der Waals surface area contributed by atoms with E-state index in [9.17, 15) is 4.79 Å². The maximum atomic E-state index is 10.1. The zero-order valence-corrected chi connectivity index (χ0v) is 5.90. The van der Waals surface area contributed by atoms with Gasteiger partial charge in [-0.1, -0.05) is 6.92 Å². The third kappa shape index (κ3) is 4.89. The van der Waals surface area contributed by atoms with Gasteiger partial charge in [0.2, 0.25) is 0 Å². The Morgan fingerprint density at radius 2 is 2.30 bits per heavy atom. The molecule has 0 unspecified atom stereocenters. The lowest BCUT2D eigenvalue weighted by Crippen LogP contribution is -2.43. The van der Waals surface area contributed by atoms with Crippen LogP contribution in [-0.4, -0.2) is 18.5 Å². The van der Waals surface area contributed by atoms with Crippen molar-refractivity contribution in [1.82, 2.24) is 10.6 Å². The van der Waals surface area contributed by atoms with E-state index < -0.39 is 6.03 Å². The number of hydrogen-bond donors (Lipinski definition) is 4. The van der Waals surface area contributed by atoms with Crippen LogP contribution in [0.1, 0.15) is 13.3 Å². The van der Waals surface area contributed by atoms with Gasteiger partial charge < -0.3 is 11.1 Å². The van der Waals surface area contributed by atoms with Gasteiger partial charge in [0.05, 0.1) is 0 Å². The average Bonchev–Trinajstić information content (AvgIpc) is 1.82. The highest BCUT2D eigenvalue weighted by Gasteiger charge is 1.95. The number of amides is 2. The smallest absolute Gasteiger partial charge is 0.318 e. The van der Waals surface area contributed by atoms with Crippen molar-refractivity contribution in [1.29, 1.82) is 5.41 Å². The summed E-state index contributed by atoms with van der Waals surface area (Å²) in [6, 6.07) is -0.714. The molecule has 0 bridgehead atoms. The van der Waals surface area contributed by atoms with Gasteiger partial charge in [-0.3, -0.25) is 10.7 Å². The van der Waals surface area contributed by atoms with Crippen molar-refractivity contribution < 1.29 is 4.79 Å². The van der Waals surface area contributed by atoms with E-state index in [0.717, 1.165) is 6.42 Å². The van der Waals surface area contributed by atoms with Crippen LogP contribution in [0.5, 0.6) is 0 Å². The lowest BCUT2D eigenvalue weighted by molar-refractivity contribution is 0.253. The first-order valence-electron chi connectivity index (χ1n) is 3.05. The van der Waals surface area contributed by atoms with E-state index in [0.29, 0.717) is 6.54 Å². The lowest BCUT2D eigenvalue weighted by atomic mass is 10.5. The van der Waals surface area contributed by atoms with Gasteiger partial charge in [-0.05, 0) is 6.42 Å². The second-order valence-corrected chi connectivity index (χ2v) is 1.79. The van der Waals surface area contributed by atoms with Crippen molar-refractivity contribution in [2.45, 2.75) is 13.3 Å². The zero-order chi connectivity index (χ0) is 7.98. The predicted molar refractivity (Wildman–Crippen MR) is 38.7 cm³/mol. The minimum atomic E-state index is -0.714. The van der Waals surface area contributed by atoms with Gasteiger partial charge in [0.25, 0.3) is 0 Å². The molecule has 10 heavy (non-hydrogen) atoms. The summed E-state index contributed by atoms with van der Waals surface area (Å²) in [5.41, 5.74) is 4.73. The van der Waals surface area contributed by atoms with Gasteiger partial charge in [-0.2, -0.15) is 0 Å². The predicted octanol–water partition coefficient (Wildman–Crippen LogP) is -0.411. The highest BCUT2D eigenvalue weighted by Crippen LogP contribution is 1.68. The maximum absolute atomic E-state index is 10.1. The largest absolute Gasteiger partial charge is 0.356 e. The fourth-order valence-electron chi connectivity index (χ4n) is 0.417. The Bertz CT molecular complexity index is 134. The summed E-state index contributed by atoms with van der Waals surface area (Å²) in [6.07, 6.45) is 0.906. The van der Waals surface area contributed by atoms with Gasteiger partial charge >= 0.3 is 6.03 Å². The molecule has 0 rings (SSSR count). The van der Waals surface area contributed by atoms with E-state index in [1.54, 1.807) is 0 Å². The van der Waals surface area contributed by atoms with Crippen LogP contribution < -0.4 is 16.4 Å². The molecule has 0 aromatic heterocycles. The summed E-state index contributed by atoms with van der Waals surface area (Å²) in [6.45, 7) is 2.63. The lowest BCUT2D eigenvalue weighted by Gasteiger charge is -2.04. The molecule has 5 heteroatoms. The van der Waals surface area contributed by atoms with Gasteiger partial charge in [0.1, 0.15) is 0 Å². The van der Waals surface area contributed by atoms with Gasteiger partial charge in [0.15, 0.2) is 5.96 Å². The van der Waals surface area contributed by atoms with Crippen LogP contribution in [-0.2, 0) is 0 Å². The molecule has 0 aromatic carbocycles. The van der Waals surface area contributed by atoms with Crippen LogP contribution >= 0.6 is 0 Å². The van der Waals surface area contributed by atoms with E-state index in [1.165, 1.54) is 0 Å². The quantitative estimate of drug-likeness (QED) is 0.313. The van der Waals surface area contributed by atoms with E-state index in [-0.39, 0.29) is 5.96 Å². The fraction of sp³-hybridized carbons (Fsp3) is 0.600. The molecule has 0 fully saturated rings. The van der Waals surface area contributed by atoms with E-state index >= 15 is 0 Å². The Balaban J connectivity index is 3.35. The highest BCUT2D eigenvalue weighted by molar-refractivity contribution is 5.93. The standard InChI is InChI=1S/C5H12N4O/c1-2-3-8-4(6)9-5(7)10/h2-3H2,1H3,(H5,6,7,8,9,10). The summed E-state index contributed by atoms with van der Waals surface area (Å²) in [4.78, 5) is 10.1. The Morgan fingerprint density at radius 1 is 1.70 bits per heavy atom. The van der Waals surface area contributed by atoms with Crippen molar-refractivity contribution >= 4 is 12.0 Å². The molecule has 0 saturated heterocycles. The first-order chi connectivity index (χ1) is 4.66. The maximum Gasteiger partial charge on any atom is 0.318 e. The molecule has 0 aliphatic heterocycles. The first-order valence-corrected chi connectivity index (χ1v) is 3.05. The Kier molecular flexibility index (Phi) is 4.02. The molecule has 0 spiro atoms. The summed E-state index contributed by atoms with van der Waals surface area (Å²) in [5.74, 6) is -0.0469. The number of primary amides is 1. The molecular weight excluding hydrogens is 132 g/mol. The van der Waals surface area contributed by atoms with Crippen LogP contribution in [0.15, 0.2) is 0 Å². The monoisotopic (exact) mass is 144 g/mol. The number of carbonyl (C=O) groups is 1. The van der Waals surface area contributed by atoms with Gasteiger partial charge in [-0.25, -0.2) is 4.79 Å². The number of guanidine groups is 1. The number of nitrogens with one attached hydrogen (secondary N) is 3. The van der Waals surface area contributed by atoms with Crippen LogP contribution in [0.25, 0.3) is 0 Å². The number of rotatable bonds is 2. The van der Waals surface area contributed by atoms with Crippen LogP contribution in [0.2, 0.25) is 0 Å². The second-order valence-electron chi connectivity index (χ2n) is 1.79. The molecule has 0 aromatic rings. The molecule has 0 aliphatic rings. The van der Waals surface area contributed by atoms with Crippen LogP contribution in [0.3, 0.4) is 0 Å². The van der Waals surface area contributed by atoms with Crippen molar-refractivity contribution in [2.75, 3.05) is 6.54 Å². The van der Waals surface area contributed by atoms with Crippen LogP contribution in [0.4, 0.5) is 4.79 Å². The Morgan fingerprint density at radius 3 is 2.70 bits per heavy atom. The van der Waals surface area contributed by atoms with Crippen molar-refractivity contribution in [2.24, 2.45) is 5.73 Å². The molecule has 5 nitrogen and oxygen atoms in total. The minimum Gasteiger partial charge on any atom is -0.356 e. The van der Waals surface area contributed by atoms with E-state index in [1.807, 2.05) is 6.92 Å². The average molecular weight is 144 g/mol. The molecule has 5 N–H and O–H groups in total. The van der Waals surface area contributed by atoms with Crippen molar-refractivity contribution in [3.05, 3.63) is 0 Å². The topological polar surface area (TPSA) is 91.0 Å². The molecule has 0 saturated carbocycles. The minimum absolute atomic E-state index is 0.0469. The Labute approximate surface area is 59.5 Å². The number of carbonyl (C=O) groups excluding carboxylic acids is 1. The normalized spacial score (nSPS) is 8.50. The molecule has 2 amide bonds. The number of nitrogens with two attached hydrogens (primary N) is 1. The van der Waals surface area contributed by atoms with E-state index in [4.69, 9.17) is 11.1 Å². The molecule has 0 radical (unpaired) electrons. The van der Waals surface area contributed by atoms with Crippen molar-refractivity contribution in [3.8, 4) is 0 Å². The summed E-state index contributed by atoms with van der Waals surface area (Å²) < 4.78 is 0. The SMILES string of the molecule is CCCNC(=N)NC(N)=O. The molecule has 0 aliphatic carbocycles. The molecule has 0 heterocycles. The molecular formula is C5H12N4O. The van der Waals surface area contributed by atoms with Crippen molar-refractivity contribution in [3.63, 3.8) is 0 Å². The summed E-state index contributed by atoms with van der Waals surface area (Å²) in [7, 11) is 0. The number of urea groups is 1. The second kappa shape index (κ2) is 4.60. The zero-order valence-electron chi connectivity index (χ0n) is 5.90. The number of hydrogen-bond acceptors (Lipinski definition) is 2. The van der Waals surface area contributed by atoms with Crippen LogP contribution in [0, 0.1) is 5.41 Å². The van der Waals surface area contributed by atoms with E-state index in [2.05, 4.69) is 10.6 Å². The Hall–Kier alpha value is -1.26. The van der Waals surface area contributed by atoms with Gasteiger partial charge in [-0.15, -0.1) is 0 Å². The first kappa shape index (κ1) is 8.74. The molecule has 0 atom stereocenters. The van der Waals surface area contributed by atoms with Gasteiger partial charge in [0, 0.05) is 6.54 Å². The fourth-order valence-corrected chi connectivity index (χ4v) is 0.417.